The number of carbonyl (C=O) groups excluding carboxylic acids is 2. The minimum absolute atomic E-state index is 0.454. The number of unbranched alkanes of at least 4 members (excludes halogenated alkanes) is 3. The maximum absolute atomic E-state index is 11.9. The second-order valence-electron chi connectivity index (χ2n) is 5.04. The Balaban J connectivity index is 2.87. The summed E-state index contributed by atoms with van der Waals surface area (Å²) in [6, 6.07) is -1.23. The summed E-state index contributed by atoms with van der Waals surface area (Å²) in [6.45, 7) is 2.06. The average molecular weight is 287 g/mol. The summed E-state index contributed by atoms with van der Waals surface area (Å²) in [7, 11) is 2.24. The molecule has 0 aliphatic heterocycles. The highest BCUT2D eigenvalue weighted by molar-refractivity contribution is 6.05. The molecular formula is C13H21NO6. The molecule has 20 heavy (non-hydrogen) atoms. The number of esters is 2. The Hall–Kier alpha value is -1.66. The van der Waals surface area contributed by atoms with Gasteiger partial charge in [0.1, 0.15) is 0 Å². The van der Waals surface area contributed by atoms with Gasteiger partial charge in [-0.1, -0.05) is 32.6 Å². The summed E-state index contributed by atoms with van der Waals surface area (Å²) < 4.78 is 9.19. The lowest BCUT2D eigenvalue weighted by molar-refractivity contribution is -0.503. The Kier molecular flexibility index (Phi) is 5.47. The Bertz CT molecular complexity index is 378. The average Bonchev–Trinajstić information content (AvgIpc) is 3.12. The molecule has 0 N–H and O–H groups in total. The lowest BCUT2D eigenvalue weighted by Gasteiger charge is -2.10. The third-order valence-electron chi connectivity index (χ3n) is 3.97. The summed E-state index contributed by atoms with van der Waals surface area (Å²) in [6.07, 6.45) is 4.20. The fourth-order valence-corrected chi connectivity index (χ4v) is 2.89. The van der Waals surface area contributed by atoms with Gasteiger partial charge in [0.2, 0.25) is 11.5 Å². The van der Waals surface area contributed by atoms with Crippen LogP contribution in [0, 0.1) is 21.4 Å². The topological polar surface area (TPSA) is 95.7 Å². The fourth-order valence-electron chi connectivity index (χ4n) is 2.89. The lowest BCUT2D eigenvalue weighted by atomic mass is 10.00. The van der Waals surface area contributed by atoms with Crippen LogP contribution in [0.25, 0.3) is 0 Å². The minimum Gasteiger partial charge on any atom is -0.468 e. The first kappa shape index (κ1) is 16.4. The highest BCUT2D eigenvalue weighted by Gasteiger charge is 2.84. The number of ether oxygens (including phenoxy) is 2. The molecule has 1 aliphatic rings. The minimum atomic E-state index is -1.75. The van der Waals surface area contributed by atoms with Crippen LogP contribution in [0.1, 0.15) is 39.0 Å². The molecule has 1 rings (SSSR count). The number of hydrogen-bond acceptors (Lipinski definition) is 6. The van der Waals surface area contributed by atoms with Crippen molar-refractivity contribution >= 4 is 11.9 Å². The maximum Gasteiger partial charge on any atom is 0.331 e. The molecule has 0 saturated heterocycles. The summed E-state index contributed by atoms with van der Waals surface area (Å²) in [4.78, 5) is 34.3. The summed E-state index contributed by atoms with van der Waals surface area (Å²) in [5, 5.41) is 11.1. The van der Waals surface area contributed by atoms with Gasteiger partial charge in [0.05, 0.1) is 20.1 Å². The maximum atomic E-state index is 11.9. The molecule has 1 aliphatic carbocycles. The van der Waals surface area contributed by atoms with Gasteiger partial charge < -0.3 is 9.47 Å². The van der Waals surface area contributed by atoms with E-state index < -0.39 is 34.2 Å². The molecule has 0 aromatic heterocycles. The van der Waals surface area contributed by atoms with E-state index in [0.29, 0.717) is 6.42 Å². The van der Waals surface area contributed by atoms with E-state index in [1.165, 1.54) is 0 Å². The van der Waals surface area contributed by atoms with E-state index in [9.17, 15) is 19.7 Å². The molecule has 0 heterocycles. The van der Waals surface area contributed by atoms with Crippen molar-refractivity contribution in [1.29, 1.82) is 0 Å². The van der Waals surface area contributed by atoms with Crippen LogP contribution >= 0.6 is 0 Å². The molecule has 0 amide bonds. The smallest absolute Gasteiger partial charge is 0.331 e. The highest BCUT2D eigenvalue weighted by atomic mass is 16.6. The number of carbonyl (C=O) groups is 2. The third-order valence-corrected chi connectivity index (χ3v) is 3.97. The van der Waals surface area contributed by atoms with E-state index in [1.54, 1.807) is 0 Å². The molecule has 0 aromatic rings. The van der Waals surface area contributed by atoms with Crippen molar-refractivity contribution in [1.82, 2.24) is 0 Å². The molecule has 114 valence electrons. The Morgan fingerprint density at radius 1 is 1.15 bits per heavy atom. The molecular weight excluding hydrogens is 266 g/mol. The first-order valence-electron chi connectivity index (χ1n) is 6.78. The van der Waals surface area contributed by atoms with Crippen molar-refractivity contribution < 1.29 is 24.0 Å². The zero-order valence-electron chi connectivity index (χ0n) is 12.1. The van der Waals surface area contributed by atoms with Gasteiger partial charge in [-0.15, -0.1) is 0 Å². The quantitative estimate of drug-likeness (QED) is 0.221. The zero-order chi connectivity index (χ0) is 15.3. The second-order valence-corrected chi connectivity index (χ2v) is 5.04. The number of nitro groups is 1. The van der Waals surface area contributed by atoms with E-state index in [0.717, 1.165) is 39.9 Å². The molecule has 7 heteroatoms. The normalized spacial score (nSPS) is 22.9. The Labute approximate surface area is 117 Å². The van der Waals surface area contributed by atoms with Crippen LogP contribution in [-0.2, 0) is 19.1 Å². The summed E-state index contributed by atoms with van der Waals surface area (Å²) in [5.41, 5.74) is -1.75. The lowest BCUT2D eigenvalue weighted by Crippen LogP contribution is -2.34. The van der Waals surface area contributed by atoms with Crippen molar-refractivity contribution in [2.24, 2.45) is 11.3 Å². The van der Waals surface area contributed by atoms with Crippen molar-refractivity contribution in [2.75, 3.05) is 14.2 Å². The number of methoxy groups -OCH3 is 2. The van der Waals surface area contributed by atoms with Crippen LogP contribution in [0.5, 0.6) is 0 Å². The molecule has 0 spiro atoms. The van der Waals surface area contributed by atoms with Crippen molar-refractivity contribution in [3.8, 4) is 0 Å². The largest absolute Gasteiger partial charge is 0.468 e. The van der Waals surface area contributed by atoms with Crippen molar-refractivity contribution in [2.45, 2.75) is 45.1 Å². The molecule has 0 unspecified atom stereocenters. The number of rotatable bonds is 8. The molecule has 1 saturated carbocycles. The van der Waals surface area contributed by atoms with Gasteiger partial charge in [-0.25, -0.2) is 0 Å². The van der Waals surface area contributed by atoms with Crippen LogP contribution in [0.4, 0.5) is 0 Å². The molecule has 1 fully saturated rings. The Morgan fingerprint density at radius 3 is 2.10 bits per heavy atom. The highest BCUT2D eigenvalue weighted by Crippen LogP contribution is 2.58. The van der Waals surface area contributed by atoms with Gasteiger partial charge in [-0.2, -0.15) is 0 Å². The summed E-state index contributed by atoms with van der Waals surface area (Å²) >= 11 is 0. The monoisotopic (exact) mass is 287 g/mol. The predicted molar refractivity (Wildman–Crippen MR) is 69.5 cm³/mol. The molecule has 0 radical (unpaired) electrons. The summed E-state index contributed by atoms with van der Waals surface area (Å²) in [5.74, 6) is -2.37. The predicted octanol–water partition coefficient (Wildman–Crippen LogP) is 1.56. The standard InChI is InChI=1S/C13H21NO6/c1-4-5-6-7-8-9-10(14(17)18)13(9,11(15)19-2)12(16)20-3/h9-10H,4-8H2,1-3H3/t9-,10-/m0/s1. The van der Waals surface area contributed by atoms with Gasteiger partial charge in [0.25, 0.3) is 0 Å². The van der Waals surface area contributed by atoms with E-state index in [-0.39, 0.29) is 0 Å². The van der Waals surface area contributed by atoms with E-state index in [1.807, 2.05) is 0 Å². The van der Waals surface area contributed by atoms with E-state index in [4.69, 9.17) is 0 Å². The van der Waals surface area contributed by atoms with Gasteiger partial charge in [0, 0.05) is 4.92 Å². The van der Waals surface area contributed by atoms with Crippen LogP contribution < -0.4 is 0 Å². The zero-order valence-corrected chi connectivity index (χ0v) is 12.1. The molecule has 7 nitrogen and oxygen atoms in total. The molecule has 0 aromatic carbocycles. The van der Waals surface area contributed by atoms with E-state index >= 15 is 0 Å². The first-order chi connectivity index (χ1) is 9.48. The SMILES string of the molecule is CCCCCC[C@H]1[C@H]([N+](=O)[O-])C1(C(=O)OC)C(=O)OC. The van der Waals surface area contributed by atoms with Crippen LogP contribution in [0.2, 0.25) is 0 Å². The van der Waals surface area contributed by atoms with Gasteiger partial charge in [-0.3, -0.25) is 19.7 Å². The fraction of sp³-hybridized carbons (Fsp3) is 0.846. The van der Waals surface area contributed by atoms with Crippen molar-refractivity contribution in [3.05, 3.63) is 10.1 Å². The second kappa shape index (κ2) is 6.67. The van der Waals surface area contributed by atoms with Crippen LogP contribution in [-0.4, -0.2) is 37.1 Å². The Morgan fingerprint density at radius 2 is 1.70 bits per heavy atom. The van der Waals surface area contributed by atoms with E-state index in [2.05, 4.69) is 16.4 Å². The van der Waals surface area contributed by atoms with Crippen molar-refractivity contribution in [3.63, 3.8) is 0 Å². The number of hydrogen-bond donors (Lipinski definition) is 0. The van der Waals surface area contributed by atoms with Gasteiger partial charge in [0.15, 0.2) is 0 Å². The van der Waals surface area contributed by atoms with Gasteiger partial charge in [-0.05, 0) is 6.42 Å². The molecule has 2 atom stereocenters. The van der Waals surface area contributed by atoms with Gasteiger partial charge >= 0.3 is 11.9 Å². The molecule has 0 bridgehead atoms. The van der Waals surface area contributed by atoms with Crippen LogP contribution in [0.15, 0.2) is 0 Å². The first-order valence-corrected chi connectivity index (χ1v) is 6.78. The number of nitrogens with zero attached hydrogens (tertiary/aromatic N) is 1. The van der Waals surface area contributed by atoms with Crippen LogP contribution in [0.3, 0.4) is 0 Å². The third kappa shape index (κ3) is 2.62.